The minimum Gasteiger partial charge on any atom is -0.497 e. The quantitative estimate of drug-likeness (QED) is 0.343. The largest absolute Gasteiger partial charge is 0.497 e. The fourth-order valence-electron chi connectivity index (χ4n) is 4.69. The zero-order valence-electron chi connectivity index (χ0n) is 20.1. The van der Waals surface area contributed by atoms with Gasteiger partial charge in [-0.2, -0.15) is 5.10 Å². The second-order valence-corrected chi connectivity index (χ2v) is 8.88. The molecule has 5 nitrogen and oxygen atoms in total. The van der Waals surface area contributed by atoms with E-state index in [0.29, 0.717) is 5.69 Å². The Balaban J connectivity index is 1.23. The first-order valence-electron chi connectivity index (χ1n) is 12.2. The van der Waals surface area contributed by atoms with E-state index < -0.39 is 0 Å². The smallest absolute Gasteiger partial charge is 0.146 e. The number of aryl methyl sites for hydroxylation is 1. The molecule has 0 N–H and O–H groups in total. The minimum absolute atomic E-state index is 0.136. The molecule has 0 aliphatic carbocycles. The van der Waals surface area contributed by atoms with Crippen molar-refractivity contribution >= 4 is 5.69 Å². The highest BCUT2D eigenvalue weighted by molar-refractivity contribution is 5.63. The standard InChI is InChI=1S/C29H31FN4O/c1-35-26-15-13-23(14-16-26)29-22-24(31-34(29)25-9-3-2-4-10-25)8-7-17-32-18-20-33(21-19-32)28-12-6-5-11-27(28)30/h2-6,9-16,22H,7-8,17-21H2,1H3. The molecule has 0 atom stereocenters. The summed E-state index contributed by atoms with van der Waals surface area (Å²) >= 11 is 0. The zero-order valence-corrected chi connectivity index (χ0v) is 20.1. The molecule has 2 heterocycles. The first kappa shape index (κ1) is 23.1. The monoisotopic (exact) mass is 470 g/mol. The van der Waals surface area contributed by atoms with Crippen LogP contribution in [0.3, 0.4) is 0 Å². The summed E-state index contributed by atoms with van der Waals surface area (Å²) in [7, 11) is 1.68. The Morgan fingerprint density at radius 1 is 0.857 bits per heavy atom. The number of anilines is 1. The topological polar surface area (TPSA) is 33.5 Å². The molecule has 1 aromatic heterocycles. The Bertz CT molecular complexity index is 1230. The van der Waals surface area contributed by atoms with Crippen molar-refractivity contribution < 1.29 is 9.13 Å². The molecule has 1 saturated heterocycles. The maximum atomic E-state index is 14.1. The summed E-state index contributed by atoms with van der Waals surface area (Å²) in [4.78, 5) is 4.62. The third kappa shape index (κ3) is 5.38. The number of aromatic nitrogens is 2. The molecule has 6 heteroatoms. The number of ether oxygens (including phenoxy) is 1. The number of hydrogen-bond acceptors (Lipinski definition) is 4. The second-order valence-electron chi connectivity index (χ2n) is 8.88. The Morgan fingerprint density at radius 2 is 1.57 bits per heavy atom. The molecule has 0 unspecified atom stereocenters. The lowest BCUT2D eigenvalue weighted by molar-refractivity contribution is 0.254. The first-order chi connectivity index (χ1) is 17.2. The molecule has 1 fully saturated rings. The van der Waals surface area contributed by atoms with Gasteiger partial charge in [0.25, 0.3) is 0 Å². The van der Waals surface area contributed by atoms with Crippen LogP contribution in [0.4, 0.5) is 10.1 Å². The summed E-state index contributed by atoms with van der Waals surface area (Å²) in [5.74, 6) is 0.706. The van der Waals surface area contributed by atoms with Gasteiger partial charge in [-0.05, 0) is 74.0 Å². The van der Waals surface area contributed by atoms with E-state index in [2.05, 4.69) is 40.1 Å². The van der Waals surface area contributed by atoms with Crippen LogP contribution in [0, 0.1) is 5.82 Å². The molecule has 0 radical (unpaired) electrons. The molecule has 0 saturated carbocycles. The van der Waals surface area contributed by atoms with Crippen molar-refractivity contribution in [1.29, 1.82) is 0 Å². The lowest BCUT2D eigenvalue weighted by Crippen LogP contribution is -2.47. The lowest BCUT2D eigenvalue weighted by atomic mass is 10.1. The van der Waals surface area contributed by atoms with Crippen LogP contribution < -0.4 is 9.64 Å². The number of piperazine rings is 1. The number of halogens is 1. The molecular formula is C29H31FN4O. The van der Waals surface area contributed by atoms with Gasteiger partial charge in [0.1, 0.15) is 11.6 Å². The van der Waals surface area contributed by atoms with Crippen LogP contribution in [0.1, 0.15) is 12.1 Å². The van der Waals surface area contributed by atoms with Gasteiger partial charge >= 0.3 is 0 Å². The Kier molecular flexibility index (Phi) is 7.09. The predicted octanol–water partition coefficient (Wildman–Crippen LogP) is 5.44. The van der Waals surface area contributed by atoms with Crippen molar-refractivity contribution in [2.75, 3.05) is 44.7 Å². The lowest BCUT2D eigenvalue weighted by Gasteiger charge is -2.36. The number of rotatable bonds is 8. The SMILES string of the molecule is COc1ccc(-c2cc(CCCN3CCN(c4ccccc4F)CC3)nn2-c2ccccc2)cc1. The molecule has 3 aromatic carbocycles. The number of benzene rings is 3. The molecule has 0 bridgehead atoms. The van der Waals surface area contributed by atoms with Gasteiger partial charge in [-0.25, -0.2) is 9.07 Å². The average Bonchev–Trinajstić information content (AvgIpc) is 3.34. The van der Waals surface area contributed by atoms with Crippen LogP contribution in [0.2, 0.25) is 0 Å². The van der Waals surface area contributed by atoms with Crippen LogP contribution in [0.5, 0.6) is 5.75 Å². The van der Waals surface area contributed by atoms with Crippen LogP contribution in [0.25, 0.3) is 16.9 Å². The van der Waals surface area contributed by atoms with Gasteiger partial charge in [0.2, 0.25) is 0 Å². The zero-order chi connectivity index (χ0) is 24.0. The maximum Gasteiger partial charge on any atom is 0.146 e. The van der Waals surface area contributed by atoms with Crippen molar-refractivity contribution in [2.45, 2.75) is 12.8 Å². The molecule has 1 aliphatic rings. The fourth-order valence-corrected chi connectivity index (χ4v) is 4.69. The normalized spacial score (nSPS) is 14.3. The minimum atomic E-state index is -0.136. The van der Waals surface area contributed by atoms with E-state index in [1.54, 1.807) is 13.2 Å². The van der Waals surface area contributed by atoms with Gasteiger partial charge in [-0.3, -0.25) is 4.90 Å². The second kappa shape index (κ2) is 10.7. The number of para-hydroxylation sites is 2. The van der Waals surface area contributed by atoms with Gasteiger partial charge < -0.3 is 9.64 Å². The van der Waals surface area contributed by atoms with Gasteiger partial charge in [0, 0.05) is 31.7 Å². The number of methoxy groups -OCH3 is 1. The van der Waals surface area contributed by atoms with E-state index in [-0.39, 0.29) is 5.82 Å². The van der Waals surface area contributed by atoms with E-state index in [0.717, 1.165) is 74.0 Å². The van der Waals surface area contributed by atoms with E-state index in [1.165, 1.54) is 6.07 Å². The summed E-state index contributed by atoms with van der Waals surface area (Å²) in [6, 6.07) is 27.6. The van der Waals surface area contributed by atoms with Crippen molar-refractivity contribution in [3.63, 3.8) is 0 Å². The van der Waals surface area contributed by atoms with Crippen LogP contribution in [-0.2, 0) is 6.42 Å². The number of nitrogens with zero attached hydrogens (tertiary/aromatic N) is 4. The summed E-state index contributed by atoms with van der Waals surface area (Å²) in [6.45, 7) is 4.62. The van der Waals surface area contributed by atoms with Crippen LogP contribution in [0.15, 0.2) is 84.9 Å². The van der Waals surface area contributed by atoms with Crippen LogP contribution in [-0.4, -0.2) is 54.5 Å². The van der Waals surface area contributed by atoms with Crippen molar-refractivity contribution in [1.82, 2.24) is 14.7 Å². The van der Waals surface area contributed by atoms with Gasteiger partial charge in [0.15, 0.2) is 0 Å². The average molecular weight is 471 g/mol. The molecule has 4 aromatic rings. The summed E-state index contributed by atoms with van der Waals surface area (Å²) in [5.41, 5.74) is 5.04. The van der Waals surface area contributed by atoms with Crippen LogP contribution >= 0.6 is 0 Å². The highest BCUT2D eigenvalue weighted by Gasteiger charge is 2.19. The fraction of sp³-hybridized carbons (Fsp3) is 0.276. The van der Waals surface area contributed by atoms with Gasteiger partial charge in [-0.1, -0.05) is 30.3 Å². The molecule has 0 spiro atoms. The van der Waals surface area contributed by atoms with Crippen molar-refractivity contribution in [3.8, 4) is 22.7 Å². The Hall–Kier alpha value is -3.64. The van der Waals surface area contributed by atoms with E-state index in [1.807, 2.05) is 47.1 Å². The van der Waals surface area contributed by atoms with Gasteiger partial charge in [0.05, 0.1) is 29.9 Å². The summed E-state index contributed by atoms with van der Waals surface area (Å²) in [5, 5.41) is 4.96. The van der Waals surface area contributed by atoms with Crippen molar-refractivity contribution in [2.24, 2.45) is 0 Å². The van der Waals surface area contributed by atoms with Gasteiger partial charge in [-0.15, -0.1) is 0 Å². The Labute approximate surface area is 206 Å². The summed E-state index contributed by atoms with van der Waals surface area (Å²) < 4.78 is 21.5. The number of hydrogen-bond donors (Lipinski definition) is 0. The highest BCUT2D eigenvalue weighted by Crippen LogP contribution is 2.27. The first-order valence-corrected chi connectivity index (χ1v) is 12.2. The van der Waals surface area contributed by atoms with E-state index >= 15 is 0 Å². The van der Waals surface area contributed by atoms with Crippen molar-refractivity contribution in [3.05, 3.63) is 96.4 Å². The maximum absolute atomic E-state index is 14.1. The third-order valence-electron chi connectivity index (χ3n) is 6.62. The molecule has 5 rings (SSSR count). The highest BCUT2D eigenvalue weighted by atomic mass is 19.1. The molecule has 180 valence electrons. The molecule has 0 amide bonds. The van der Waals surface area contributed by atoms with E-state index in [4.69, 9.17) is 9.84 Å². The molecule has 35 heavy (non-hydrogen) atoms. The predicted molar refractivity (Wildman–Crippen MR) is 139 cm³/mol. The Morgan fingerprint density at radius 3 is 2.29 bits per heavy atom. The van der Waals surface area contributed by atoms with E-state index in [9.17, 15) is 4.39 Å². The third-order valence-corrected chi connectivity index (χ3v) is 6.62. The summed E-state index contributed by atoms with van der Waals surface area (Å²) in [6.07, 6.45) is 1.95. The molecule has 1 aliphatic heterocycles. The molecular weight excluding hydrogens is 439 g/mol.